The van der Waals surface area contributed by atoms with E-state index in [0.717, 1.165) is 22.4 Å². The summed E-state index contributed by atoms with van der Waals surface area (Å²) < 4.78 is 0. The van der Waals surface area contributed by atoms with Crippen LogP contribution in [-0.4, -0.2) is 16.0 Å². The molecule has 0 aliphatic rings. The Hall–Kier alpha value is -2.40. The molecule has 1 heterocycles. The van der Waals surface area contributed by atoms with Crippen LogP contribution in [0, 0.1) is 13.8 Å². The number of benzene rings is 2. The van der Waals surface area contributed by atoms with Crippen molar-refractivity contribution in [1.82, 2.24) is 4.98 Å². The lowest BCUT2D eigenvalue weighted by Gasteiger charge is -2.14. The lowest BCUT2D eigenvalue weighted by Crippen LogP contribution is -2.14. The van der Waals surface area contributed by atoms with Crippen molar-refractivity contribution < 1.29 is 9.90 Å². The van der Waals surface area contributed by atoms with Crippen LogP contribution < -0.4 is 5.32 Å². The number of anilines is 1. The van der Waals surface area contributed by atoms with E-state index in [4.69, 9.17) is 23.2 Å². The van der Waals surface area contributed by atoms with Gasteiger partial charge in [0.05, 0.1) is 12.2 Å². The number of nitrogens with one attached hydrogen (secondary N) is 1. The molecular weight excluding hydrogens is 383 g/mol. The van der Waals surface area contributed by atoms with Crippen LogP contribution in [0.3, 0.4) is 0 Å². The Morgan fingerprint density at radius 1 is 1.07 bits per heavy atom. The molecule has 0 spiro atoms. The average molecular weight is 401 g/mol. The number of aryl methyl sites for hydroxylation is 2. The number of hydrogen-bond acceptors (Lipinski definition) is 3. The van der Waals surface area contributed by atoms with Gasteiger partial charge in [0.15, 0.2) is 0 Å². The van der Waals surface area contributed by atoms with Crippen molar-refractivity contribution in [3.8, 4) is 11.1 Å². The first kappa shape index (κ1) is 19.4. The highest BCUT2D eigenvalue weighted by atomic mass is 35.5. The average Bonchev–Trinajstić information content (AvgIpc) is 2.66. The number of aromatic nitrogens is 1. The molecule has 6 heteroatoms. The van der Waals surface area contributed by atoms with Gasteiger partial charge < -0.3 is 10.4 Å². The third-order valence-electron chi connectivity index (χ3n) is 4.25. The van der Waals surface area contributed by atoms with Gasteiger partial charge in [-0.2, -0.15) is 0 Å². The van der Waals surface area contributed by atoms with Crippen LogP contribution in [0.4, 0.5) is 5.69 Å². The van der Waals surface area contributed by atoms with Gasteiger partial charge in [-0.15, -0.1) is 0 Å². The Morgan fingerprint density at radius 2 is 1.78 bits per heavy atom. The minimum Gasteiger partial charge on any atom is -0.392 e. The Balaban J connectivity index is 1.92. The first-order valence-corrected chi connectivity index (χ1v) is 9.07. The van der Waals surface area contributed by atoms with Crippen molar-refractivity contribution in [3.05, 3.63) is 81.1 Å². The summed E-state index contributed by atoms with van der Waals surface area (Å²) in [4.78, 5) is 16.9. The monoisotopic (exact) mass is 400 g/mol. The van der Waals surface area contributed by atoms with E-state index in [2.05, 4.69) is 10.3 Å². The van der Waals surface area contributed by atoms with Gasteiger partial charge >= 0.3 is 0 Å². The van der Waals surface area contributed by atoms with Crippen molar-refractivity contribution in [2.24, 2.45) is 0 Å². The summed E-state index contributed by atoms with van der Waals surface area (Å²) in [7, 11) is 0. The molecule has 3 aromatic rings. The molecule has 0 atom stereocenters. The van der Waals surface area contributed by atoms with Gasteiger partial charge in [-0.25, -0.2) is 0 Å². The lowest BCUT2D eigenvalue weighted by atomic mass is 10.0. The first-order valence-electron chi connectivity index (χ1n) is 8.32. The van der Waals surface area contributed by atoms with E-state index in [1.807, 2.05) is 26.0 Å². The predicted octanol–water partition coefficient (Wildman–Crippen LogP) is 5.42. The molecule has 2 N–H and O–H groups in total. The highest BCUT2D eigenvalue weighted by Gasteiger charge is 2.13. The molecule has 138 valence electrons. The van der Waals surface area contributed by atoms with Crippen LogP contribution in [0.15, 0.2) is 48.8 Å². The number of carbonyl (C=O) groups is 1. The van der Waals surface area contributed by atoms with Crippen LogP contribution in [0.2, 0.25) is 10.0 Å². The second kappa shape index (κ2) is 8.09. The number of aliphatic hydroxyl groups excluding tert-OH is 1. The van der Waals surface area contributed by atoms with Gasteiger partial charge in [-0.1, -0.05) is 35.3 Å². The van der Waals surface area contributed by atoms with E-state index >= 15 is 0 Å². The molecular formula is C21H18Cl2N2O2. The van der Waals surface area contributed by atoms with Gasteiger partial charge in [-0.05, 0) is 54.8 Å². The molecule has 0 bridgehead atoms. The van der Waals surface area contributed by atoms with Crippen molar-refractivity contribution in [2.45, 2.75) is 20.5 Å². The number of hydrogen-bond donors (Lipinski definition) is 2. The highest BCUT2D eigenvalue weighted by Crippen LogP contribution is 2.31. The zero-order chi connectivity index (χ0) is 19.6. The first-order chi connectivity index (χ1) is 12.9. The zero-order valence-electron chi connectivity index (χ0n) is 14.9. The minimum absolute atomic E-state index is 0.0394. The Labute approximate surface area is 167 Å². The van der Waals surface area contributed by atoms with Crippen molar-refractivity contribution in [2.75, 3.05) is 5.32 Å². The Kier molecular flexibility index (Phi) is 5.80. The van der Waals surface area contributed by atoms with Crippen molar-refractivity contribution in [1.29, 1.82) is 0 Å². The molecule has 0 saturated carbocycles. The number of halogens is 2. The number of nitrogens with zero attached hydrogens (tertiary/aromatic N) is 1. The number of aliphatic hydroxyl groups is 1. The van der Waals surface area contributed by atoms with E-state index in [-0.39, 0.29) is 12.5 Å². The largest absolute Gasteiger partial charge is 0.392 e. The standard InChI is InChI=1S/C21H18Cl2N2O2/c1-12-5-14(11-26)6-13(2)20(12)25-21(27)16-7-15(9-24-10-16)18-8-17(22)3-4-19(18)23/h3-10,26H,11H2,1-2H3,(H,25,27). The second-order valence-corrected chi connectivity index (χ2v) is 7.15. The van der Waals surface area contributed by atoms with Crippen molar-refractivity contribution in [3.63, 3.8) is 0 Å². The normalized spacial score (nSPS) is 10.7. The van der Waals surface area contributed by atoms with Crippen LogP contribution >= 0.6 is 23.2 Å². The van der Waals surface area contributed by atoms with E-state index in [1.165, 1.54) is 6.20 Å². The summed E-state index contributed by atoms with van der Waals surface area (Å²) in [6.07, 6.45) is 3.14. The maximum absolute atomic E-state index is 12.7. The number of rotatable bonds is 4. The molecule has 1 aromatic heterocycles. The van der Waals surface area contributed by atoms with E-state index in [0.29, 0.717) is 26.7 Å². The molecule has 4 nitrogen and oxygen atoms in total. The molecule has 0 saturated heterocycles. The van der Waals surface area contributed by atoms with Crippen LogP contribution in [0.5, 0.6) is 0 Å². The molecule has 0 aliphatic carbocycles. The molecule has 0 fully saturated rings. The van der Waals surface area contributed by atoms with Gasteiger partial charge in [0.1, 0.15) is 0 Å². The summed E-state index contributed by atoms with van der Waals surface area (Å²) in [5.74, 6) is -0.273. The van der Waals surface area contributed by atoms with Gasteiger partial charge in [0.2, 0.25) is 0 Å². The number of pyridine rings is 1. The summed E-state index contributed by atoms with van der Waals surface area (Å²) in [6.45, 7) is 3.74. The molecule has 3 rings (SSSR count). The lowest BCUT2D eigenvalue weighted by molar-refractivity contribution is 0.102. The third kappa shape index (κ3) is 4.30. The topological polar surface area (TPSA) is 62.2 Å². The molecule has 2 aromatic carbocycles. The zero-order valence-corrected chi connectivity index (χ0v) is 16.4. The third-order valence-corrected chi connectivity index (χ3v) is 4.82. The Bertz CT molecular complexity index is 996. The van der Waals surface area contributed by atoms with Crippen LogP contribution in [0.1, 0.15) is 27.0 Å². The molecule has 27 heavy (non-hydrogen) atoms. The fourth-order valence-corrected chi connectivity index (χ4v) is 3.36. The fourth-order valence-electron chi connectivity index (χ4n) is 2.96. The second-order valence-electron chi connectivity index (χ2n) is 6.30. The van der Waals surface area contributed by atoms with Crippen LogP contribution in [-0.2, 0) is 6.61 Å². The number of carbonyl (C=O) groups excluding carboxylic acids is 1. The summed E-state index contributed by atoms with van der Waals surface area (Å²) in [5, 5.41) is 13.3. The van der Waals surface area contributed by atoms with Gasteiger partial charge in [-0.3, -0.25) is 9.78 Å². The van der Waals surface area contributed by atoms with E-state index in [1.54, 1.807) is 30.5 Å². The summed E-state index contributed by atoms with van der Waals surface area (Å²) in [6, 6.07) is 10.6. The quantitative estimate of drug-likeness (QED) is 0.614. The molecule has 0 unspecified atom stereocenters. The summed E-state index contributed by atoms with van der Waals surface area (Å²) in [5.41, 5.74) is 5.13. The van der Waals surface area contributed by atoms with Crippen molar-refractivity contribution >= 4 is 34.8 Å². The minimum atomic E-state index is -0.273. The maximum atomic E-state index is 12.7. The molecule has 0 radical (unpaired) electrons. The maximum Gasteiger partial charge on any atom is 0.257 e. The smallest absolute Gasteiger partial charge is 0.257 e. The fraction of sp³-hybridized carbons (Fsp3) is 0.143. The highest BCUT2D eigenvalue weighted by molar-refractivity contribution is 6.35. The predicted molar refractivity (Wildman–Crippen MR) is 109 cm³/mol. The molecule has 0 aliphatic heterocycles. The van der Waals surface area contributed by atoms with E-state index in [9.17, 15) is 9.90 Å². The number of amides is 1. The van der Waals surface area contributed by atoms with Crippen LogP contribution in [0.25, 0.3) is 11.1 Å². The molecule has 1 amide bonds. The Morgan fingerprint density at radius 3 is 2.44 bits per heavy atom. The SMILES string of the molecule is Cc1cc(CO)cc(C)c1NC(=O)c1cncc(-c2cc(Cl)ccc2Cl)c1. The van der Waals surface area contributed by atoms with Gasteiger partial charge in [0.25, 0.3) is 5.91 Å². The summed E-state index contributed by atoms with van der Waals surface area (Å²) >= 11 is 12.3. The van der Waals surface area contributed by atoms with Gasteiger partial charge in [0, 0.05) is 39.3 Å². The van der Waals surface area contributed by atoms with E-state index < -0.39 is 0 Å².